The van der Waals surface area contributed by atoms with E-state index >= 15 is 0 Å². The number of aliphatic carboxylic acids is 2. The average Bonchev–Trinajstić information content (AvgIpc) is 4.15. The first-order valence-electron chi connectivity index (χ1n) is 22.5. The zero-order valence-corrected chi connectivity index (χ0v) is 40.4. The molecule has 1 aliphatic heterocycles. The molecular formula is C43H59N13O14S2. The number of nitrogens with two attached hydrogens (primary N) is 2. The maximum Gasteiger partial charge on any atom is 0.327 e. The highest BCUT2D eigenvalue weighted by atomic mass is 32.1. The minimum Gasteiger partial charge on any atom is -0.481 e. The van der Waals surface area contributed by atoms with Gasteiger partial charge in [0.25, 0.3) is 0 Å². The van der Waals surface area contributed by atoms with Crippen LogP contribution < -0.4 is 48.7 Å². The summed E-state index contributed by atoms with van der Waals surface area (Å²) in [4.78, 5) is 154. The van der Waals surface area contributed by atoms with E-state index in [1.54, 1.807) is 30.5 Å². The number of thiol groups is 2. The summed E-state index contributed by atoms with van der Waals surface area (Å²) < 4.78 is 0. The predicted molar refractivity (Wildman–Crippen MR) is 259 cm³/mol. The number of amides is 9. The molecule has 29 heteroatoms. The van der Waals surface area contributed by atoms with Gasteiger partial charge in [-0.25, -0.2) is 9.78 Å². The fourth-order valence-corrected chi connectivity index (χ4v) is 7.91. The van der Waals surface area contributed by atoms with Crippen LogP contribution in [0.3, 0.4) is 0 Å². The van der Waals surface area contributed by atoms with Gasteiger partial charge in [0.2, 0.25) is 53.2 Å². The first kappa shape index (κ1) is 57.3. The number of aliphatic hydroxyl groups is 1. The number of imidazole rings is 1. The summed E-state index contributed by atoms with van der Waals surface area (Å²) in [5, 5.41) is 46.5. The molecule has 0 bridgehead atoms. The molecule has 0 spiro atoms. The van der Waals surface area contributed by atoms with Crippen LogP contribution in [-0.2, 0) is 65.6 Å². The average molecular weight is 1050 g/mol. The van der Waals surface area contributed by atoms with Crippen molar-refractivity contribution in [3.05, 3.63) is 54.2 Å². The van der Waals surface area contributed by atoms with Crippen molar-refractivity contribution in [2.75, 3.05) is 31.2 Å². The number of aromatic amines is 2. The number of hydrogen-bond donors (Lipinski definition) is 16. The van der Waals surface area contributed by atoms with E-state index in [4.69, 9.17) is 11.5 Å². The molecule has 16 N–H and O–H groups in total. The quantitative estimate of drug-likeness (QED) is 0.0290. The Kier molecular flexibility index (Phi) is 22.3. The lowest BCUT2D eigenvalue weighted by Crippen LogP contribution is -2.59. The molecule has 1 aromatic carbocycles. The van der Waals surface area contributed by atoms with Gasteiger partial charge in [-0.15, -0.1) is 0 Å². The second kappa shape index (κ2) is 28.0. The van der Waals surface area contributed by atoms with Crippen LogP contribution in [0.5, 0.6) is 0 Å². The highest BCUT2D eigenvalue weighted by Gasteiger charge is 2.40. The van der Waals surface area contributed by atoms with Crippen LogP contribution in [0.25, 0.3) is 10.9 Å². The molecule has 8 atom stereocenters. The number of aliphatic hydroxyl groups excluding tert-OH is 1. The van der Waals surface area contributed by atoms with Gasteiger partial charge in [0.1, 0.15) is 42.3 Å². The second-order valence-corrected chi connectivity index (χ2v) is 17.3. The number of carbonyl (C=O) groups excluding carboxylic acids is 9. The number of benzene rings is 1. The molecule has 1 fully saturated rings. The van der Waals surface area contributed by atoms with Crippen molar-refractivity contribution in [2.45, 2.75) is 99.7 Å². The number of carboxylic acid groups (broad SMARTS) is 2. The van der Waals surface area contributed by atoms with Gasteiger partial charge in [0.05, 0.1) is 25.5 Å². The fraction of sp³-hybridized carbons (Fsp3) is 0.488. The number of likely N-dealkylation sites (tertiary alicyclic amines) is 1. The van der Waals surface area contributed by atoms with Crippen molar-refractivity contribution >= 4 is 101 Å². The first-order valence-corrected chi connectivity index (χ1v) is 23.8. The molecule has 3 aromatic rings. The van der Waals surface area contributed by atoms with Crippen molar-refractivity contribution in [2.24, 2.45) is 11.5 Å². The normalized spacial score (nSPS) is 16.1. The van der Waals surface area contributed by atoms with Crippen LogP contribution in [0.15, 0.2) is 43.0 Å². The maximum atomic E-state index is 14.1. The molecular weight excluding hydrogens is 987 g/mol. The Labute approximate surface area is 421 Å². The number of H-pyrrole nitrogens is 2. The van der Waals surface area contributed by atoms with Gasteiger partial charge in [-0.2, -0.15) is 25.3 Å². The van der Waals surface area contributed by atoms with Gasteiger partial charge in [-0.05, 0) is 37.3 Å². The Bertz CT molecular complexity index is 2440. The van der Waals surface area contributed by atoms with Crippen LogP contribution in [0.2, 0.25) is 0 Å². The Morgan fingerprint density at radius 2 is 1.39 bits per heavy atom. The summed E-state index contributed by atoms with van der Waals surface area (Å²) in [7, 11) is 0. The summed E-state index contributed by atoms with van der Waals surface area (Å²) in [5.41, 5.74) is 12.8. The molecule has 2 aromatic heterocycles. The zero-order valence-electron chi connectivity index (χ0n) is 38.6. The van der Waals surface area contributed by atoms with E-state index in [2.05, 4.69) is 77.4 Å². The number of rotatable bonds is 29. The minimum atomic E-state index is -1.74. The lowest BCUT2D eigenvalue weighted by Gasteiger charge is -2.30. The number of carbonyl (C=O) groups is 11. The number of aromatic nitrogens is 3. The SMILES string of the molecule is NC(=O)CC[C@H](NC(=O)[C@H](CO)NC(=O)[C@@H]1CCCN1C(=O)[C@H](CCC(=O)O)NC(=O)CNC(=O)[C@H](Cc1c[nH]c2ccccc12)NC(=O)[C@H](Cc1cnc[nH]1)NC(=O)[C@@H](N)CS)C(=O)N[C@@H](CS)C(=O)O. The summed E-state index contributed by atoms with van der Waals surface area (Å²) in [5.74, 6) is -11.3. The molecule has 27 nitrogen and oxygen atoms in total. The number of carboxylic acids is 2. The third kappa shape index (κ3) is 17.0. The van der Waals surface area contributed by atoms with Gasteiger partial charge in [0.15, 0.2) is 0 Å². The Balaban J connectivity index is 1.48. The van der Waals surface area contributed by atoms with E-state index in [-0.39, 0.29) is 50.2 Å². The highest BCUT2D eigenvalue weighted by Crippen LogP contribution is 2.21. The van der Waals surface area contributed by atoms with Gasteiger partial charge in [0, 0.05) is 72.7 Å². The highest BCUT2D eigenvalue weighted by molar-refractivity contribution is 7.80. The summed E-state index contributed by atoms with van der Waals surface area (Å²) in [6.07, 6.45) is 2.60. The molecule has 392 valence electrons. The van der Waals surface area contributed by atoms with E-state index in [0.29, 0.717) is 11.3 Å². The van der Waals surface area contributed by atoms with Crippen LogP contribution >= 0.6 is 25.3 Å². The van der Waals surface area contributed by atoms with E-state index < -0.39 is 146 Å². The zero-order chi connectivity index (χ0) is 53.1. The van der Waals surface area contributed by atoms with Gasteiger partial charge < -0.3 is 78.9 Å². The van der Waals surface area contributed by atoms with Gasteiger partial charge in [-0.3, -0.25) is 47.9 Å². The van der Waals surface area contributed by atoms with E-state index in [0.717, 1.165) is 15.8 Å². The number of nitrogens with one attached hydrogen (secondary N) is 9. The fourth-order valence-electron chi connectivity index (χ4n) is 7.50. The Morgan fingerprint density at radius 1 is 0.750 bits per heavy atom. The Hall–Kier alpha value is -7.24. The first-order chi connectivity index (χ1) is 34.3. The predicted octanol–water partition coefficient (Wildman–Crippen LogP) is -4.91. The van der Waals surface area contributed by atoms with Crippen LogP contribution in [0.1, 0.15) is 49.8 Å². The van der Waals surface area contributed by atoms with Crippen molar-refractivity contribution < 1.29 is 68.1 Å². The maximum absolute atomic E-state index is 14.1. The molecule has 1 aliphatic rings. The van der Waals surface area contributed by atoms with E-state index in [1.165, 1.54) is 12.5 Å². The number of nitrogens with zero attached hydrogens (tertiary/aromatic N) is 2. The standard InChI is InChI=1S/C43H59N13O14S2/c44-24(18-71)36(62)52-29(13-22-15-46-20-49-22)39(65)53-28(12-21-14-47-25-5-2-1-4-23(21)25)37(63)48-16-34(59)50-27(8-10-35(60)61)42(68)56-11-3-6-32(56)41(67)54-30(17-57)40(66)51-26(7-9-33(45)58)38(64)55-31(19-72)43(69)70/h1-2,4-5,14-15,20,24,26-32,47,57,71-72H,3,6-13,16-19,44H2,(H2,45,58)(H,46,49)(H,48,63)(H,50,59)(H,51,66)(H,52,62)(H,53,65)(H,54,67)(H,55,64)(H,60,61)(H,69,70)/t24-,26-,27-,28-,29-,30-,31-,32-/m0/s1. The molecule has 0 saturated carbocycles. The van der Waals surface area contributed by atoms with Crippen LogP contribution in [0, 0.1) is 0 Å². The Morgan fingerprint density at radius 3 is 2.03 bits per heavy atom. The van der Waals surface area contributed by atoms with Crippen LogP contribution in [0.4, 0.5) is 0 Å². The van der Waals surface area contributed by atoms with Crippen LogP contribution in [-0.4, -0.2) is 180 Å². The lowest BCUT2D eigenvalue weighted by molar-refractivity contribution is -0.143. The lowest BCUT2D eigenvalue weighted by atomic mass is 10.0. The summed E-state index contributed by atoms with van der Waals surface area (Å²) in [6, 6.07) is -4.22. The topological polar surface area (TPSA) is 432 Å². The van der Waals surface area contributed by atoms with Gasteiger partial charge >= 0.3 is 11.9 Å². The monoisotopic (exact) mass is 1050 g/mol. The molecule has 0 unspecified atom stereocenters. The van der Waals surface area contributed by atoms with Crippen molar-refractivity contribution in [1.82, 2.24) is 57.1 Å². The third-order valence-electron chi connectivity index (χ3n) is 11.3. The van der Waals surface area contributed by atoms with Crippen molar-refractivity contribution in [3.63, 3.8) is 0 Å². The second-order valence-electron chi connectivity index (χ2n) is 16.6. The number of fused-ring (bicyclic) bond motifs is 1. The number of primary amides is 1. The van der Waals surface area contributed by atoms with E-state index in [9.17, 15) is 68.1 Å². The smallest absolute Gasteiger partial charge is 0.327 e. The number of hydrogen-bond acceptors (Lipinski definition) is 16. The minimum absolute atomic E-state index is 0.0227. The molecule has 3 heterocycles. The summed E-state index contributed by atoms with van der Waals surface area (Å²) in [6.45, 7) is -1.88. The molecule has 9 amide bonds. The van der Waals surface area contributed by atoms with Crippen molar-refractivity contribution in [1.29, 1.82) is 0 Å². The van der Waals surface area contributed by atoms with Gasteiger partial charge in [-0.1, -0.05) is 18.2 Å². The molecule has 1 saturated heterocycles. The number of para-hydroxylation sites is 1. The molecule has 0 radical (unpaired) electrons. The summed E-state index contributed by atoms with van der Waals surface area (Å²) >= 11 is 7.93. The van der Waals surface area contributed by atoms with Crippen molar-refractivity contribution in [3.8, 4) is 0 Å². The van der Waals surface area contributed by atoms with E-state index in [1.807, 2.05) is 0 Å². The molecule has 72 heavy (non-hydrogen) atoms. The molecule has 0 aliphatic carbocycles. The third-order valence-corrected chi connectivity index (χ3v) is 12.1. The largest absolute Gasteiger partial charge is 0.481 e. The molecule has 4 rings (SSSR count).